The van der Waals surface area contributed by atoms with Crippen LogP contribution in [0.25, 0.3) is 0 Å². The molecular weight excluding hydrogens is 520 g/mol. The number of hydrogen-bond acceptors (Lipinski definition) is 5. The maximum atomic E-state index is 15.1. The number of hydroxylamine groups is 1. The predicted octanol–water partition coefficient (Wildman–Crippen LogP) is 5.31. The third-order valence-corrected chi connectivity index (χ3v) is 7.41. The van der Waals surface area contributed by atoms with E-state index in [4.69, 9.17) is 14.8 Å². The Labute approximate surface area is 222 Å². The first-order valence-corrected chi connectivity index (χ1v) is 12.8. The minimum atomic E-state index is -4.77. The molecule has 0 spiro atoms. The van der Waals surface area contributed by atoms with Gasteiger partial charge in [0.15, 0.2) is 0 Å². The highest BCUT2D eigenvalue weighted by atomic mass is 19.4. The third kappa shape index (κ3) is 5.29. The number of ether oxygens (including phenoxy) is 1. The standard InChI is InChI=1S/C27H26F4N4O4/c28-22-13-18(9-10-20(22)25(36)33-39-15-19-4-3-11-38-19)35-24-6-2-1-5-23(24)34(26(35)37)17-8-7-16(14-32)21(12-17)27(29,30)31/h7-10,12-13,19,23-24H,1-6,11,15H2,(H,33,36). The lowest BCUT2D eigenvalue weighted by molar-refractivity contribution is -0.137. The van der Waals surface area contributed by atoms with E-state index in [0.717, 1.165) is 43.9 Å². The average molecular weight is 547 g/mol. The van der Waals surface area contributed by atoms with Crippen LogP contribution in [0.5, 0.6) is 0 Å². The normalized spacial score (nSPS) is 23.1. The Morgan fingerprint density at radius 3 is 2.31 bits per heavy atom. The topological polar surface area (TPSA) is 94.9 Å². The maximum Gasteiger partial charge on any atom is 0.417 e. The number of urea groups is 1. The van der Waals surface area contributed by atoms with Crippen molar-refractivity contribution in [3.63, 3.8) is 0 Å². The average Bonchev–Trinajstić information content (AvgIpc) is 3.53. The van der Waals surface area contributed by atoms with Crippen molar-refractivity contribution < 1.29 is 36.7 Å². The SMILES string of the molecule is N#Cc1ccc(N2C(=O)N(c3ccc(C(=O)NOCC4CCCO4)c(F)c3)C3CCCCC32)cc1C(F)(F)F. The Hall–Kier alpha value is -3.69. The number of fused-ring (bicyclic) bond motifs is 1. The lowest BCUT2D eigenvalue weighted by Crippen LogP contribution is -2.40. The molecule has 1 saturated carbocycles. The summed E-state index contributed by atoms with van der Waals surface area (Å²) in [5.41, 5.74) is 0.476. The first-order valence-electron chi connectivity index (χ1n) is 12.8. The Morgan fingerprint density at radius 2 is 1.72 bits per heavy atom. The van der Waals surface area contributed by atoms with E-state index in [0.29, 0.717) is 19.4 Å². The second-order valence-electron chi connectivity index (χ2n) is 9.82. The Kier molecular flexibility index (Phi) is 7.46. The number of hydrogen-bond donors (Lipinski definition) is 1. The molecule has 206 valence electrons. The molecule has 3 aliphatic rings. The van der Waals surface area contributed by atoms with Gasteiger partial charge >= 0.3 is 12.2 Å². The number of nitriles is 1. The van der Waals surface area contributed by atoms with E-state index in [1.165, 1.54) is 28.0 Å². The summed E-state index contributed by atoms with van der Waals surface area (Å²) in [5.74, 6) is -1.67. The van der Waals surface area contributed by atoms with Gasteiger partial charge in [-0.15, -0.1) is 0 Å². The van der Waals surface area contributed by atoms with Crippen molar-refractivity contribution in [2.45, 2.75) is 62.9 Å². The number of rotatable bonds is 6. The molecule has 3 atom stereocenters. The van der Waals surface area contributed by atoms with Crippen LogP contribution in [0, 0.1) is 17.1 Å². The van der Waals surface area contributed by atoms with Crippen LogP contribution < -0.4 is 15.3 Å². The molecule has 0 aromatic heterocycles. The zero-order valence-electron chi connectivity index (χ0n) is 20.8. The summed E-state index contributed by atoms with van der Waals surface area (Å²) in [5, 5.41) is 9.14. The number of benzene rings is 2. The molecular formula is C27H26F4N4O4. The van der Waals surface area contributed by atoms with Crippen molar-refractivity contribution >= 4 is 23.3 Å². The molecule has 0 radical (unpaired) electrons. The van der Waals surface area contributed by atoms with Crippen LogP contribution in [0.15, 0.2) is 36.4 Å². The van der Waals surface area contributed by atoms with Crippen LogP contribution >= 0.6 is 0 Å². The number of amides is 3. The van der Waals surface area contributed by atoms with Crippen LogP contribution in [0.4, 0.5) is 33.7 Å². The molecule has 2 aromatic carbocycles. The van der Waals surface area contributed by atoms with Gasteiger partial charge in [-0.05, 0) is 62.1 Å². The first kappa shape index (κ1) is 26.9. The summed E-state index contributed by atoms with van der Waals surface area (Å²) in [7, 11) is 0. The van der Waals surface area contributed by atoms with Gasteiger partial charge in [-0.1, -0.05) is 12.8 Å². The highest BCUT2D eigenvalue weighted by molar-refractivity contribution is 6.08. The Bertz CT molecular complexity index is 1310. The second-order valence-corrected chi connectivity index (χ2v) is 9.82. The van der Waals surface area contributed by atoms with Gasteiger partial charge in [0.05, 0.1) is 40.9 Å². The van der Waals surface area contributed by atoms with Gasteiger partial charge in [-0.2, -0.15) is 18.4 Å². The van der Waals surface area contributed by atoms with Crippen LogP contribution in [0.2, 0.25) is 0 Å². The number of halogens is 4. The summed E-state index contributed by atoms with van der Waals surface area (Å²) in [4.78, 5) is 33.9. The van der Waals surface area contributed by atoms with E-state index < -0.39 is 47.1 Å². The second kappa shape index (κ2) is 10.8. The minimum Gasteiger partial charge on any atom is -0.376 e. The fourth-order valence-electron chi connectivity index (χ4n) is 5.58. The number of nitrogens with one attached hydrogen (secondary N) is 1. The Morgan fingerprint density at radius 1 is 1.05 bits per heavy atom. The molecule has 0 bridgehead atoms. The van der Waals surface area contributed by atoms with Crippen molar-refractivity contribution in [3.05, 3.63) is 58.9 Å². The molecule has 39 heavy (non-hydrogen) atoms. The lowest BCUT2D eigenvalue weighted by atomic mass is 9.89. The largest absolute Gasteiger partial charge is 0.417 e. The molecule has 2 aromatic rings. The summed E-state index contributed by atoms with van der Waals surface area (Å²) >= 11 is 0. The number of nitrogens with zero attached hydrogens (tertiary/aromatic N) is 3. The molecule has 2 saturated heterocycles. The lowest BCUT2D eigenvalue weighted by Gasteiger charge is -2.32. The number of alkyl halides is 3. The van der Waals surface area contributed by atoms with Crippen molar-refractivity contribution in [1.29, 1.82) is 5.26 Å². The summed E-state index contributed by atoms with van der Waals surface area (Å²) in [6.45, 7) is 0.763. The van der Waals surface area contributed by atoms with Gasteiger partial charge in [0.1, 0.15) is 12.4 Å². The number of anilines is 2. The highest BCUT2D eigenvalue weighted by Crippen LogP contribution is 2.42. The Balaban J connectivity index is 1.39. The van der Waals surface area contributed by atoms with Gasteiger partial charge in [-0.3, -0.25) is 19.4 Å². The molecule has 2 heterocycles. The number of carbonyl (C=O) groups is 2. The van der Waals surface area contributed by atoms with E-state index in [9.17, 15) is 22.8 Å². The van der Waals surface area contributed by atoms with Crippen LogP contribution in [0.1, 0.15) is 60.0 Å². The van der Waals surface area contributed by atoms with Crippen LogP contribution in [0.3, 0.4) is 0 Å². The van der Waals surface area contributed by atoms with Gasteiger partial charge in [0, 0.05) is 18.0 Å². The molecule has 1 aliphatic carbocycles. The van der Waals surface area contributed by atoms with Crippen molar-refractivity contribution in [1.82, 2.24) is 5.48 Å². The molecule has 3 unspecified atom stereocenters. The smallest absolute Gasteiger partial charge is 0.376 e. The molecule has 2 aliphatic heterocycles. The van der Waals surface area contributed by atoms with Gasteiger partial charge < -0.3 is 4.74 Å². The van der Waals surface area contributed by atoms with E-state index in [2.05, 4.69) is 5.48 Å². The fourth-order valence-corrected chi connectivity index (χ4v) is 5.58. The first-order chi connectivity index (χ1) is 18.7. The molecule has 12 heteroatoms. The third-order valence-electron chi connectivity index (χ3n) is 7.41. The quantitative estimate of drug-likeness (QED) is 0.391. The van der Waals surface area contributed by atoms with Gasteiger partial charge in [0.2, 0.25) is 0 Å². The molecule has 3 amide bonds. The monoisotopic (exact) mass is 546 g/mol. The molecule has 1 N–H and O–H groups in total. The zero-order chi connectivity index (χ0) is 27.7. The molecule has 5 rings (SSSR count). The number of carbonyl (C=O) groups excluding carboxylic acids is 2. The van der Waals surface area contributed by atoms with E-state index >= 15 is 4.39 Å². The van der Waals surface area contributed by atoms with Gasteiger partial charge in [0.25, 0.3) is 5.91 Å². The minimum absolute atomic E-state index is 0.0191. The fraction of sp³-hybridized carbons (Fsp3) is 0.444. The van der Waals surface area contributed by atoms with Gasteiger partial charge in [-0.25, -0.2) is 14.7 Å². The van der Waals surface area contributed by atoms with E-state index in [1.54, 1.807) is 6.07 Å². The molecule has 3 fully saturated rings. The predicted molar refractivity (Wildman–Crippen MR) is 131 cm³/mol. The summed E-state index contributed by atoms with van der Waals surface area (Å²) in [6.07, 6.45) is -0.485. The molecule has 8 nitrogen and oxygen atoms in total. The van der Waals surface area contributed by atoms with Crippen LogP contribution in [-0.4, -0.2) is 43.3 Å². The highest BCUT2D eigenvalue weighted by Gasteiger charge is 2.48. The van der Waals surface area contributed by atoms with Crippen molar-refractivity contribution in [2.75, 3.05) is 23.0 Å². The zero-order valence-corrected chi connectivity index (χ0v) is 20.8. The summed E-state index contributed by atoms with van der Waals surface area (Å²) in [6, 6.07) is 7.06. The summed E-state index contributed by atoms with van der Waals surface area (Å²) < 4.78 is 61.3. The maximum absolute atomic E-state index is 15.1. The van der Waals surface area contributed by atoms with E-state index in [1.807, 2.05) is 0 Å². The van der Waals surface area contributed by atoms with Crippen molar-refractivity contribution in [3.8, 4) is 6.07 Å². The van der Waals surface area contributed by atoms with Crippen molar-refractivity contribution in [2.24, 2.45) is 0 Å². The van der Waals surface area contributed by atoms with Crippen LogP contribution in [-0.2, 0) is 15.8 Å². The van der Waals surface area contributed by atoms with E-state index in [-0.39, 0.29) is 29.6 Å².